The van der Waals surface area contributed by atoms with Gasteiger partial charge in [-0.05, 0) is 6.07 Å². The van der Waals surface area contributed by atoms with Crippen molar-refractivity contribution in [2.24, 2.45) is 0 Å². The predicted octanol–water partition coefficient (Wildman–Crippen LogP) is 1.05. The van der Waals surface area contributed by atoms with Gasteiger partial charge in [-0.3, -0.25) is 0 Å². The molecule has 18 heavy (non-hydrogen) atoms. The molecule has 92 valence electrons. The zero-order valence-corrected chi connectivity index (χ0v) is 10.00. The lowest BCUT2D eigenvalue weighted by Crippen LogP contribution is -2.04. The van der Waals surface area contributed by atoms with Gasteiger partial charge in [0.05, 0.1) is 30.6 Å². The molecule has 0 atom stereocenters. The predicted molar refractivity (Wildman–Crippen MR) is 66.5 cm³/mol. The van der Waals surface area contributed by atoms with Gasteiger partial charge in [0.2, 0.25) is 0 Å². The maximum absolute atomic E-state index is 9.10. The van der Waals surface area contributed by atoms with E-state index in [0.717, 1.165) is 0 Å². The minimum atomic E-state index is 0.427. The Balaban J connectivity index is 2.35. The van der Waals surface area contributed by atoms with Gasteiger partial charge >= 0.3 is 0 Å². The largest absolute Gasteiger partial charge is 0.398 e. The molecule has 2 rings (SSSR count). The topological polar surface area (TPSA) is 89.8 Å². The normalized spacial score (nSPS) is 10.2. The number of aromatic nitrogens is 3. The Kier molecular flexibility index (Phi) is 3.55. The Morgan fingerprint density at radius 1 is 1.50 bits per heavy atom. The standard InChI is InChI=1S/C12H13N5O/c1-18-6-5-17-8-12(15-16-17)9-3-2-4-11(14)10(9)7-13/h2-4,8H,5-6,14H2,1H3. The van der Waals surface area contributed by atoms with E-state index in [1.165, 1.54) is 0 Å². The third-order valence-corrected chi connectivity index (χ3v) is 2.55. The Morgan fingerprint density at radius 3 is 3.06 bits per heavy atom. The smallest absolute Gasteiger partial charge is 0.114 e. The van der Waals surface area contributed by atoms with Crippen LogP contribution in [0.3, 0.4) is 0 Å². The number of nitriles is 1. The lowest BCUT2D eigenvalue weighted by Gasteiger charge is -2.02. The van der Waals surface area contributed by atoms with Gasteiger partial charge in [0.15, 0.2) is 0 Å². The number of benzene rings is 1. The third kappa shape index (κ3) is 2.31. The molecular weight excluding hydrogens is 230 g/mol. The molecule has 2 aromatic rings. The Bertz CT molecular complexity index is 584. The Hall–Kier alpha value is -2.39. The van der Waals surface area contributed by atoms with Crippen molar-refractivity contribution in [1.82, 2.24) is 15.0 Å². The van der Waals surface area contributed by atoms with Gasteiger partial charge in [-0.2, -0.15) is 5.26 Å². The molecule has 0 spiro atoms. The van der Waals surface area contributed by atoms with Gasteiger partial charge in [0.25, 0.3) is 0 Å². The van der Waals surface area contributed by atoms with Gasteiger partial charge < -0.3 is 10.5 Å². The van der Waals surface area contributed by atoms with E-state index in [0.29, 0.717) is 35.7 Å². The summed E-state index contributed by atoms with van der Waals surface area (Å²) in [5, 5.41) is 17.1. The number of nitrogen functional groups attached to an aromatic ring is 1. The lowest BCUT2D eigenvalue weighted by atomic mass is 10.0. The van der Waals surface area contributed by atoms with Gasteiger partial charge in [-0.25, -0.2) is 4.68 Å². The van der Waals surface area contributed by atoms with Crippen LogP contribution in [0.2, 0.25) is 0 Å². The zero-order valence-electron chi connectivity index (χ0n) is 10.00. The molecule has 0 bridgehead atoms. The highest BCUT2D eigenvalue weighted by atomic mass is 16.5. The number of hydrogen-bond donors (Lipinski definition) is 1. The van der Waals surface area contributed by atoms with Crippen LogP contribution >= 0.6 is 0 Å². The van der Waals surface area contributed by atoms with Crippen molar-refractivity contribution in [2.45, 2.75) is 6.54 Å². The van der Waals surface area contributed by atoms with Crippen LogP contribution < -0.4 is 5.73 Å². The number of methoxy groups -OCH3 is 1. The minimum absolute atomic E-state index is 0.427. The van der Waals surface area contributed by atoms with Gasteiger partial charge in [-0.15, -0.1) is 5.10 Å². The molecule has 0 fully saturated rings. The highest BCUT2D eigenvalue weighted by Gasteiger charge is 2.11. The molecule has 6 heteroatoms. The van der Waals surface area contributed by atoms with Crippen LogP contribution in [0.5, 0.6) is 0 Å². The summed E-state index contributed by atoms with van der Waals surface area (Å²) >= 11 is 0. The second kappa shape index (κ2) is 5.29. The summed E-state index contributed by atoms with van der Waals surface area (Å²) in [7, 11) is 1.63. The number of ether oxygens (including phenoxy) is 1. The second-order valence-electron chi connectivity index (χ2n) is 3.74. The average molecular weight is 243 g/mol. The molecule has 0 aliphatic heterocycles. The fourth-order valence-electron chi connectivity index (χ4n) is 1.62. The second-order valence-corrected chi connectivity index (χ2v) is 3.74. The van der Waals surface area contributed by atoms with E-state index in [2.05, 4.69) is 16.4 Å². The monoisotopic (exact) mass is 243 g/mol. The molecule has 6 nitrogen and oxygen atoms in total. The first-order chi connectivity index (χ1) is 8.76. The number of hydrogen-bond acceptors (Lipinski definition) is 5. The first kappa shape index (κ1) is 12.1. The maximum atomic E-state index is 9.10. The van der Waals surface area contributed by atoms with Crippen LogP contribution in [-0.2, 0) is 11.3 Å². The SMILES string of the molecule is COCCn1cc(-c2cccc(N)c2C#N)nn1. The fourth-order valence-corrected chi connectivity index (χ4v) is 1.62. The van der Waals surface area contributed by atoms with Crippen LogP contribution in [0.25, 0.3) is 11.3 Å². The van der Waals surface area contributed by atoms with Crippen LogP contribution in [-0.4, -0.2) is 28.7 Å². The van der Waals surface area contributed by atoms with Gasteiger partial charge in [-0.1, -0.05) is 17.3 Å². The molecule has 0 saturated carbocycles. The molecule has 0 aliphatic carbocycles. The zero-order chi connectivity index (χ0) is 13.0. The highest BCUT2D eigenvalue weighted by Crippen LogP contribution is 2.25. The first-order valence-corrected chi connectivity index (χ1v) is 5.44. The number of nitrogens with two attached hydrogens (primary N) is 1. The quantitative estimate of drug-likeness (QED) is 0.810. The molecule has 2 N–H and O–H groups in total. The number of nitrogens with zero attached hydrogens (tertiary/aromatic N) is 4. The van der Waals surface area contributed by atoms with Crippen molar-refractivity contribution in [3.05, 3.63) is 30.0 Å². The summed E-state index contributed by atoms with van der Waals surface area (Å²) in [6, 6.07) is 7.38. The summed E-state index contributed by atoms with van der Waals surface area (Å²) in [6.45, 7) is 1.18. The Morgan fingerprint density at radius 2 is 2.33 bits per heavy atom. The van der Waals surface area contributed by atoms with Gasteiger partial charge in [0.1, 0.15) is 11.8 Å². The number of anilines is 1. The highest BCUT2D eigenvalue weighted by molar-refractivity contribution is 5.74. The van der Waals surface area contributed by atoms with E-state index >= 15 is 0 Å². The summed E-state index contributed by atoms with van der Waals surface area (Å²) in [6.07, 6.45) is 1.77. The van der Waals surface area contributed by atoms with Crippen molar-refractivity contribution >= 4 is 5.69 Å². The summed E-state index contributed by atoms with van der Waals surface area (Å²) in [5.41, 5.74) is 7.96. The summed E-state index contributed by atoms with van der Waals surface area (Å²) in [4.78, 5) is 0. The van der Waals surface area contributed by atoms with Crippen LogP contribution in [0.15, 0.2) is 24.4 Å². The van der Waals surface area contributed by atoms with E-state index in [4.69, 9.17) is 15.7 Å². The molecule has 1 aromatic heterocycles. The minimum Gasteiger partial charge on any atom is -0.398 e. The maximum Gasteiger partial charge on any atom is 0.114 e. The van der Waals surface area contributed by atoms with Crippen molar-refractivity contribution in [3.63, 3.8) is 0 Å². The van der Waals surface area contributed by atoms with Crippen molar-refractivity contribution in [3.8, 4) is 17.3 Å². The first-order valence-electron chi connectivity index (χ1n) is 5.44. The molecule has 1 heterocycles. The lowest BCUT2D eigenvalue weighted by molar-refractivity contribution is 0.183. The van der Waals surface area contributed by atoms with Crippen molar-refractivity contribution in [1.29, 1.82) is 5.26 Å². The van der Waals surface area contributed by atoms with Crippen LogP contribution in [0.4, 0.5) is 5.69 Å². The molecule has 0 radical (unpaired) electrons. The van der Waals surface area contributed by atoms with Crippen molar-refractivity contribution < 1.29 is 4.74 Å². The van der Waals surface area contributed by atoms with E-state index in [1.54, 1.807) is 36.2 Å². The van der Waals surface area contributed by atoms with E-state index in [1.807, 2.05) is 0 Å². The molecular formula is C12H13N5O. The Labute approximate surface area is 105 Å². The molecule has 0 aliphatic rings. The molecule has 1 aromatic carbocycles. The van der Waals surface area contributed by atoms with Crippen LogP contribution in [0, 0.1) is 11.3 Å². The average Bonchev–Trinajstić information content (AvgIpc) is 2.84. The van der Waals surface area contributed by atoms with E-state index in [-0.39, 0.29) is 0 Å². The summed E-state index contributed by atoms with van der Waals surface area (Å²) in [5.74, 6) is 0. The summed E-state index contributed by atoms with van der Waals surface area (Å²) < 4.78 is 6.63. The van der Waals surface area contributed by atoms with Crippen molar-refractivity contribution in [2.75, 3.05) is 19.5 Å². The number of rotatable bonds is 4. The molecule has 0 unspecified atom stereocenters. The van der Waals surface area contributed by atoms with E-state index < -0.39 is 0 Å². The molecule has 0 saturated heterocycles. The molecule has 0 amide bonds. The third-order valence-electron chi connectivity index (χ3n) is 2.55. The fraction of sp³-hybridized carbons (Fsp3) is 0.250. The van der Waals surface area contributed by atoms with Gasteiger partial charge in [0, 0.05) is 12.7 Å². The van der Waals surface area contributed by atoms with Crippen LogP contribution in [0.1, 0.15) is 5.56 Å². The van der Waals surface area contributed by atoms with E-state index in [9.17, 15) is 0 Å².